The lowest BCUT2D eigenvalue weighted by molar-refractivity contribution is -0.114. The van der Waals surface area contributed by atoms with Crippen molar-refractivity contribution in [2.75, 3.05) is 16.0 Å². The van der Waals surface area contributed by atoms with Crippen molar-refractivity contribution in [3.05, 3.63) is 35.3 Å². The zero-order valence-corrected chi connectivity index (χ0v) is 15.3. The van der Waals surface area contributed by atoms with Gasteiger partial charge in [-0.15, -0.1) is 0 Å². The third-order valence-electron chi connectivity index (χ3n) is 4.22. The Morgan fingerprint density at radius 3 is 2.31 bits per heavy atom. The van der Waals surface area contributed by atoms with Crippen molar-refractivity contribution < 1.29 is 14.7 Å². The van der Waals surface area contributed by atoms with Crippen molar-refractivity contribution in [2.45, 2.75) is 44.8 Å². The maximum absolute atomic E-state index is 12.4. The van der Waals surface area contributed by atoms with E-state index in [9.17, 15) is 14.7 Å². The minimum Gasteiger partial charge on any atom is -0.393 e. The molecule has 1 aliphatic rings. The van der Waals surface area contributed by atoms with Crippen molar-refractivity contribution in [1.82, 2.24) is 4.98 Å². The molecule has 1 saturated carbocycles. The number of hydrogen-bond acceptors (Lipinski definition) is 6. The van der Waals surface area contributed by atoms with Gasteiger partial charge in [-0.1, -0.05) is 11.3 Å². The van der Waals surface area contributed by atoms with E-state index in [1.165, 1.54) is 18.3 Å². The first-order valence-corrected chi connectivity index (χ1v) is 9.40. The smallest absolute Gasteiger partial charge is 0.267 e. The fourth-order valence-corrected chi connectivity index (χ4v) is 3.66. The molecule has 0 radical (unpaired) electrons. The van der Waals surface area contributed by atoms with E-state index in [0.717, 1.165) is 30.8 Å². The van der Waals surface area contributed by atoms with Gasteiger partial charge in [0.05, 0.1) is 12.3 Å². The summed E-state index contributed by atoms with van der Waals surface area (Å²) in [5.74, 6) is -0.360. The molecule has 3 rings (SSSR count). The van der Waals surface area contributed by atoms with Crippen LogP contribution in [-0.2, 0) is 4.79 Å². The Balaban J connectivity index is 1.55. The summed E-state index contributed by atoms with van der Waals surface area (Å²) >= 11 is 1.31. The molecule has 1 heterocycles. The fourth-order valence-electron chi connectivity index (χ4n) is 2.87. The standard InChI is InChI=1S/C18H22N4O3S/c1-11(23)20-12-2-4-13(5-3-12)21-17(25)16-10-19-18(26-16)22-14-6-8-15(24)9-7-14/h2-5,10,14-15,24H,6-9H2,1H3,(H,19,22)(H,20,23)(H,21,25). The first-order valence-electron chi connectivity index (χ1n) is 8.59. The summed E-state index contributed by atoms with van der Waals surface area (Å²) in [7, 11) is 0. The van der Waals surface area contributed by atoms with Gasteiger partial charge in [0.15, 0.2) is 5.13 Å². The summed E-state index contributed by atoms with van der Waals surface area (Å²) in [5.41, 5.74) is 1.32. The number of thiazole rings is 1. The van der Waals surface area contributed by atoms with Crippen molar-refractivity contribution >= 4 is 39.7 Å². The van der Waals surface area contributed by atoms with Crippen LogP contribution in [0, 0.1) is 0 Å². The van der Waals surface area contributed by atoms with Gasteiger partial charge in [0.2, 0.25) is 5.91 Å². The van der Waals surface area contributed by atoms with Gasteiger partial charge < -0.3 is 21.1 Å². The van der Waals surface area contributed by atoms with Crippen LogP contribution in [0.1, 0.15) is 42.3 Å². The van der Waals surface area contributed by atoms with Crippen LogP contribution in [-0.4, -0.2) is 34.1 Å². The van der Waals surface area contributed by atoms with E-state index in [1.807, 2.05) is 0 Å². The second kappa shape index (κ2) is 8.29. The minimum absolute atomic E-state index is 0.140. The number of amides is 2. The number of benzene rings is 1. The van der Waals surface area contributed by atoms with E-state index in [1.54, 1.807) is 30.5 Å². The lowest BCUT2D eigenvalue weighted by Gasteiger charge is -2.25. The second-order valence-corrected chi connectivity index (χ2v) is 7.42. The number of carbonyl (C=O) groups is 2. The summed E-state index contributed by atoms with van der Waals surface area (Å²) in [6.07, 6.45) is 4.77. The zero-order valence-electron chi connectivity index (χ0n) is 14.5. The number of rotatable bonds is 5. The Morgan fingerprint density at radius 1 is 1.08 bits per heavy atom. The summed E-state index contributed by atoms with van der Waals surface area (Å²) in [6.45, 7) is 1.44. The van der Waals surface area contributed by atoms with Crippen molar-refractivity contribution in [3.8, 4) is 0 Å². The molecule has 2 aromatic rings. The fraction of sp³-hybridized carbons (Fsp3) is 0.389. The van der Waals surface area contributed by atoms with E-state index >= 15 is 0 Å². The van der Waals surface area contributed by atoms with Crippen molar-refractivity contribution in [1.29, 1.82) is 0 Å². The molecule has 26 heavy (non-hydrogen) atoms. The number of hydrogen-bond donors (Lipinski definition) is 4. The first-order chi connectivity index (χ1) is 12.5. The van der Waals surface area contributed by atoms with Gasteiger partial charge >= 0.3 is 0 Å². The van der Waals surface area contributed by atoms with Gasteiger partial charge in [-0.3, -0.25) is 9.59 Å². The Kier molecular flexibility index (Phi) is 5.85. The van der Waals surface area contributed by atoms with Gasteiger partial charge in [-0.25, -0.2) is 4.98 Å². The van der Waals surface area contributed by atoms with E-state index in [-0.39, 0.29) is 17.9 Å². The highest BCUT2D eigenvalue weighted by Gasteiger charge is 2.20. The average Bonchev–Trinajstić information content (AvgIpc) is 3.07. The second-order valence-electron chi connectivity index (χ2n) is 6.39. The molecule has 0 saturated heterocycles. The highest BCUT2D eigenvalue weighted by Crippen LogP contribution is 2.25. The summed E-state index contributed by atoms with van der Waals surface area (Å²) in [4.78, 5) is 28.2. The molecule has 7 nitrogen and oxygen atoms in total. The van der Waals surface area contributed by atoms with Crippen LogP contribution in [0.25, 0.3) is 0 Å². The maximum Gasteiger partial charge on any atom is 0.267 e. The van der Waals surface area contributed by atoms with Crippen LogP contribution in [0.15, 0.2) is 30.5 Å². The SMILES string of the molecule is CC(=O)Nc1ccc(NC(=O)c2cnc(NC3CCC(O)CC3)s2)cc1. The third kappa shape index (κ3) is 5.03. The molecule has 1 aromatic carbocycles. The van der Waals surface area contributed by atoms with Crippen LogP contribution in [0.4, 0.5) is 16.5 Å². The van der Waals surface area contributed by atoms with Crippen molar-refractivity contribution in [2.24, 2.45) is 0 Å². The van der Waals surface area contributed by atoms with Gasteiger partial charge in [0.25, 0.3) is 5.91 Å². The van der Waals surface area contributed by atoms with E-state index in [0.29, 0.717) is 22.3 Å². The first kappa shape index (κ1) is 18.3. The molecular formula is C18H22N4O3S. The molecule has 4 N–H and O–H groups in total. The van der Waals surface area contributed by atoms with E-state index < -0.39 is 0 Å². The minimum atomic E-state index is -0.220. The predicted molar refractivity (Wildman–Crippen MR) is 103 cm³/mol. The monoisotopic (exact) mass is 374 g/mol. The predicted octanol–water partition coefficient (Wildman–Crippen LogP) is 3.07. The van der Waals surface area contributed by atoms with Crippen LogP contribution < -0.4 is 16.0 Å². The normalized spacial score (nSPS) is 19.6. The Hall–Kier alpha value is -2.45. The van der Waals surface area contributed by atoms with E-state index in [2.05, 4.69) is 20.9 Å². The quantitative estimate of drug-likeness (QED) is 0.644. The molecular weight excluding hydrogens is 352 g/mol. The van der Waals surface area contributed by atoms with Gasteiger partial charge in [-0.2, -0.15) is 0 Å². The van der Waals surface area contributed by atoms with Gasteiger partial charge in [0, 0.05) is 24.3 Å². The Bertz CT molecular complexity index is 767. The molecule has 0 aliphatic heterocycles. The van der Waals surface area contributed by atoms with Crippen LogP contribution in [0.5, 0.6) is 0 Å². The van der Waals surface area contributed by atoms with Crippen LogP contribution >= 0.6 is 11.3 Å². The van der Waals surface area contributed by atoms with Gasteiger partial charge in [-0.05, 0) is 49.9 Å². The number of carbonyl (C=O) groups excluding carboxylic acids is 2. The molecule has 1 fully saturated rings. The topological polar surface area (TPSA) is 103 Å². The number of nitrogens with zero attached hydrogens (tertiary/aromatic N) is 1. The molecule has 1 aromatic heterocycles. The molecule has 138 valence electrons. The number of nitrogens with one attached hydrogen (secondary N) is 3. The molecule has 0 unspecified atom stereocenters. The Labute approximate surface area is 155 Å². The molecule has 1 aliphatic carbocycles. The summed E-state index contributed by atoms with van der Waals surface area (Å²) < 4.78 is 0. The molecule has 0 spiro atoms. The van der Waals surface area contributed by atoms with Crippen LogP contribution in [0.3, 0.4) is 0 Å². The summed E-state index contributed by atoms with van der Waals surface area (Å²) in [6, 6.07) is 7.22. The zero-order chi connectivity index (χ0) is 18.5. The van der Waals surface area contributed by atoms with Crippen molar-refractivity contribution in [3.63, 3.8) is 0 Å². The highest BCUT2D eigenvalue weighted by molar-refractivity contribution is 7.17. The third-order valence-corrected chi connectivity index (χ3v) is 5.14. The lowest BCUT2D eigenvalue weighted by Crippen LogP contribution is -2.28. The van der Waals surface area contributed by atoms with Gasteiger partial charge in [0.1, 0.15) is 4.88 Å². The summed E-state index contributed by atoms with van der Waals surface area (Å²) in [5, 5.41) is 19.1. The average molecular weight is 374 g/mol. The largest absolute Gasteiger partial charge is 0.393 e. The molecule has 2 amide bonds. The lowest BCUT2D eigenvalue weighted by atomic mass is 9.93. The molecule has 0 bridgehead atoms. The van der Waals surface area contributed by atoms with E-state index in [4.69, 9.17) is 0 Å². The van der Waals surface area contributed by atoms with Crippen LogP contribution in [0.2, 0.25) is 0 Å². The molecule has 8 heteroatoms. The number of aliphatic hydroxyl groups is 1. The maximum atomic E-state index is 12.4. The Morgan fingerprint density at radius 2 is 1.69 bits per heavy atom. The number of anilines is 3. The highest BCUT2D eigenvalue weighted by atomic mass is 32.1. The molecule has 0 atom stereocenters. The number of aliphatic hydroxyl groups excluding tert-OH is 1. The number of aromatic nitrogens is 1.